The Kier molecular flexibility index (Phi) is 24.6. The van der Waals surface area contributed by atoms with E-state index in [1.807, 2.05) is 27.7 Å². The molecule has 0 aromatic carbocycles. The van der Waals surface area contributed by atoms with Crippen molar-refractivity contribution in [3.05, 3.63) is 0 Å². The Labute approximate surface area is 125 Å². The van der Waals surface area contributed by atoms with Gasteiger partial charge in [0.05, 0.1) is 6.04 Å². The maximum absolute atomic E-state index is 10.1. The van der Waals surface area contributed by atoms with Gasteiger partial charge >= 0.3 is 0 Å². The summed E-state index contributed by atoms with van der Waals surface area (Å²) in [7, 11) is 5.42. The Morgan fingerprint density at radius 1 is 1.10 bits per heavy atom. The first-order valence-electron chi connectivity index (χ1n) is 7.27. The van der Waals surface area contributed by atoms with Gasteiger partial charge in [-0.15, -0.1) is 0 Å². The highest BCUT2D eigenvalue weighted by Gasteiger charge is 2.08. The van der Waals surface area contributed by atoms with Crippen molar-refractivity contribution in [2.45, 2.75) is 46.6 Å². The van der Waals surface area contributed by atoms with E-state index in [-0.39, 0.29) is 12.0 Å². The van der Waals surface area contributed by atoms with E-state index in [0.29, 0.717) is 6.41 Å². The van der Waals surface area contributed by atoms with Gasteiger partial charge in [-0.1, -0.05) is 27.7 Å². The average molecular weight is 290 g/mol. The third-order valence-electron chi connectivity index (χ3n) is 2.46. The molecule has 1 atom stereocenters. The van der Waals surface area contributed by atoms with Crippen LogP contribution in [0.2, 0.25) is 0 Å². The number of nitrogens with one attached hydrogen (secondary N) is 1. The Morgan fingerprint density at radius 2 is 1.50 bits per heavy atom. The van der Waals surface area contributed by atoms with E-state index in [9.17, 15) is 9.59 Å². The zero-order chi connectivity index (χ0) is 16.4. The van der Waals surface area contributed by atoms with E-state index in [1.165, 1.54) is 25.9 Å². The number of ether oxygens (including phenoxy) is 1. The summed E-state index contributed by atoms with van der Waals surface area (Å²) in [6.45, 7) is 10.4. The normalized spacial score (nSPS) is 14.6. The molecule has 1 amide bonds. The Morgan fingerprint density at radius 3 is 1.60 bits per heavy atom. The SMILES string of the molecule is CC.CC(C)[C@@H](C=O)NC=O.CN1CCCC1.COC. The lowest BCUT2D eigenvalue weighted by Gasteiger charge is -2.11. The van der Waals surface area contributed by atoms with Gasteiger partial charge in [-0.3, -0.25) is 4.79 Å². The van der Waals surface area contributed by atoms with E-state index in [4.69, 9.17) is 0 Å². The molecule has 0 saturated carbocycles. The fraction of sp³-hybridized carbons (Fsp3) is 0.867. The summed E-state index contributed by atoms with van der Waals surface area (Å²) in [5.41, 5.74) is 0. The monoisotopic (exact) mass is 290 g/mol. The maximum Gasteiger partial charge on any atom is 0.207 e. The maximum atomic E-state index is 10.1. The van der Waals surface area contributed by atoms with Crippen molar-refractivity contribution < 1.29 is 14.3 Å². The van der Waals surface area contributed by atoms with E-state index >= 15 is 0 Å². The number of amides is 1. The molecule has 0 aromatic rings. The molecule has 1 aliphatic heterocycles. The lowest BCUT2D eigenvalue weighted by atomic mass is 10.1. The number of rotatable bonds is 4. The Balaban J connectivity index is -0.000000226. The molecule has 0 aliphatic carbocycles. The van der Waals surface area contributed by atoms with Crippen LogP contribution in [0.3, 0.4) is 0 Å². The Bertz CT molecular complexity index is 194. The van der Waals surface area contributed by atoms with Crippen LogP contribution in [0, 0.1) is 5.92 Å². The number of methoxy groups -OCH3 is 1. The van der Waals surface area contributed by atoms with Gasteiger partial charge in [0.25, 0.3) is 0 Å². The first-order chi connectivity index (χ1) is 9.53. The predicted octanol–water partition coefficient (Wildman–Crippen LogP) is 1.96. The number of aldehydes is 1. The number of hydrogen-bond donors (Lipinski definition) is 1. The van der Waals surface area contributed by atoms with Crippen molar-refractivity contribution in [2.24, 2.45) is 5.92 Å². The minimum Gasteiger partial charge on any atom is -0.388 e. The summed E-state index contributed by atoms with van der Waals surface area (Å²) < 4.78 is 4.25. The fourth-order valence-electron chi connectivity index (χ4n) is 1.34. The summed E-state index contributed by atoms with van der Waals surface area (Å²) in [4.78, 5) is 22.3. The number of carbonyl (C=O) groups is 2. The quantitative estimate of drug-likeness (QED) is 0.804. The third-order valence-corrected chi connectivity index (χ3v) is 2.46. The van der Waals surface area contributed by atoms with E-state index in [2.05, 4.69) is 22.0 Å². The first kappa shape index (κ1) is 24.1. The zero-order valence-electron chi connectivity index (χ0n) is 14.3. The molecule has 0 bridgehead atoms. The lowest BCUT2D eigenvalue weighted by molar-refractivity contribution is -0.116. The summed E-state index contributed by atoms with van der Waals surface area (Å²) in [5, 5.41) is 2.38. The van der Waals surface area contributed by atoms with Crippen molar-refractivity contribution in [1.29, 1.82) is 0 Å². The molecule has 5 nitrogen and oxygen atoms in total. The van der Waals surface area contributed by atoms with Crippen LogP contribution in [0.5, 0.6) is 0 Å². The van der Waals surface area contributed by atoms with Crippen LogP contribution in [0.4, 0.5) is 0 Å². The fourth-order valence-corrected chi connectivity index (χ4v) is 1.34. The molecule has 1 fully saturated rings. The number of carbonyl (C=O) groups excluding carboxylic acids is 2. The summed E-state index contributed by atoms with van der Waals surface area (Å²) in [5.74, 6) is 0.174. The minimum atomic E-state index is -0.331. The topological polar surface area (TPSA) is 58.6 Å². The zero-order valence-corrected chi connectivity index (χ0v) is 14.3. The van der Waals surface area contributed by atoms with Gasteiger partial charge in [0.1, 0.15) is 6.29 Å². The molecule has 5 heteroatoms. The number of nitrogens with zero attached hydrogens (tertiary/aromatic N) is 1. The molecule has 0 radical (unpaired) electrons. The van der Waals surface area contributed by atoms with Gasteiger partial charge in [0.15, 0.2) is 0 Å². The number of hydrogen-bond acceptors (Lipinski definition) is 4. The van der Waals surface area contributed by atoms with Crippen LogP contribution >= 0.6 is 0 Å². The van der Waals surface area contributed by atoms with Gasteiger partial charge < -0.3 is 19.7 Å². The molecule has 1 aliphatic rings. The molecule has 0 aromatic heterocycles. The van der Waals surface area contributed by atoms with Crippen molar-refractivity contribution in [2.75, 3.05) is 34.4 Å². The van der Waals surface area contributed by atoms with Crippen LogP contribution in [-0.2, 0) is 14.3 Å². The molecule has 1 heterocycles. The van der Waals surface area contributed by atoms with E-state index < -0.39 is 0 Å². The third kappa shape index (κ3) is 19.4. The van der Waals surface area contributed by atoms with E-state index in [0.717, 1.165) is 6.29 Å². The highest BCUT2D eigenvalue weighted by atomic mass is 16.4. The Hall–Kier alpha value is -0.940. The molecular weight excluding hydrogens is 256 g/mol. The first-order valence-corrected chi connectivity index (χ1v) is 7.27. The smallest absolute Gasteiger partial charge is 0.207 e. The van der Waals surface area contributed by atoms with Gasteiger partial charge in [-0.25, -0.2) is 0 Å². The molecule has 0 spiro atoms. The standard InChI is InChI=1S/C6H11NO2.C5H11N.C2H6O.C2H6/c1-5(2)6(3-8)7-4-9;1-6-4-2-3-5-6;1-3-2;1-2/h3-6H,1-2H3,(H,7,9);2-5H2,1H3;1-2H3;1-2H3/t6-;;;/m1.../s1. The number of likely N-dealkylation sites (tertiary alicyclic amines) is 1. The van der Waals surface area contributed by atoms with Crippen LogP contribution in [0.15, 0.2) is 0 Å². The van der Waals surface area contributed by atoms with Crippen LogP contribution in [-0.4, -0.2) is 58.0 Å². The summed E-state index contributed by atoms with van der Waals surface area (Å²) in [6.07, 6.45) is 4.10. The predicted molar refractivity (Wildman–Crippen MR) is 84.9 cm³/mol. The summed E-state index contributed by atoms with van der Waals surface area (Å²) in [6, 6.07) is -0.331. The second kappa shape index (κ2) is 20.4. The molecule has 122 valence electrons. The van der Waals surface area contributed by atoms with Crippen molar-refractivity contribution >= 4 is 12.7 Å². The molecule has 1 saturated heterocycles. The second-order valence-corrected chi connectivity index (χ2v) is 4.61. The lowest BCUT2D eigenvalue weighted by Crippen LogP contribution is -2.33. The highest BCUT2D eigenvalue weighted by Crippen LogP contribution is 2.02. The van der Waals surface area contributed by atoms with Crippen molar-refractivity contribution in [1.82, 2.24) is 10.2 Å². The largest absolute Gasteiger partial charge is 0.388 e. The second-order valence-electron chi connectivity index (χ2n) is 4.61. The van der Waals surface area contributed by atoms with Crippen molar-refractivity contribution in [3.63, 3.8) is 0 Å². The van der Waals surface area contributed by atoms with Crippen molar-refractivity contribution in [3.8, 4) is 0 Å². The van der Waals surface area contributed by atoms with Crippen LogP contribution < -0.4 is 5.32 Å². The van der Waals surface area contributed by atoms with Crippen LogP contribution in [0.1, 0.15) is 40.5 Å². The molecular formula is C15H34N2O3. The molecule has 20 heavy (non-hydrogen) atoms. The molecule has 0 unspecified atom stereocenters. The molecule has 1 rings (SSSR count). The summed E-state index contributed by atoms with van der Waals surface area (Å²) >= 11 is 0. The highest BCUT2D eigenvalue weighted by molar-refractivity contribution is 5.63. The van der Waals surface area contributed by atoms with Gasteiger partial charge in [0, 0.05) is 14.2 Å². The minimum absolute atomic E-state index is 0.174. The van der Waals surface area contributed by atoms with E-state index in [1.54, 1.807) is 14.2 Å². The van der Waals surface area contributed by atoms with Gasteiger partial charge in [-0.05, 0) is 38.9 Å². The van der Waals surface area contributed by atoms with Gasteiger partial charge in [0.2, 0.25) is 6.41 Å². The molecule has 1 N–H and O–H groups in total. The average Bonchev–Trinajstić information content (AvgIpc) is 2.91. The van der Waals surface area contributed by atoms with Crippen LogP contribution in [0.25, 0.3) is 0 Å². The van der Waals surface area contributed by atoms with Gasteiger partial charge in [-0.2, -0.15) is 0 Å².